The van der Waals surface area contributed by atoms with Gasteiger partial charge in [-0.05, 0) is 36.8 Å². The minimum Gasteiger partial charge on any atom is -0.491 e. The highest BCUT2D eigenvalue weighted by Gasteiger charge is 2.16. The second-order valence-electron chi connectivity index (χ2n) is 5.39. The Balaban J connectivity index is 1.90. The van der Waals surface area contributed by atoms with Crippen LogP contribution in [0, 0.1) is 0 Å². The van der Waals surface area contributed by atoms with Crippen LogP contribution >= 0.6 is 0 Å². The molecule has 136 valence electrons. The zero-order valence-electron chi connectivity index (χ0n) is 14.2. The largest absolute Gasteiger partial charge is 0.491 e. The molecule has 0 amide bonds. The van der Waals surface area contributed by atoms with E-state index in [-0.39, 0.29) is 11.4 Å². The summed E-state index contributed by atoms with van der Waals surface area (Å²) in [6, 6.07) is 15.2. The van der Waals surface area contributed by atoms with Crippen LogP contribution in [0.5, 0.6) is 5.75 Å². The zero-order chi connectivity index (χ0) is 18.1. The fraction of sp³-hybridized carbons (Fsp3) is 0.333. The summed E-state index contributed by atoms with van der Waals surface area (Å²) < 4.78 is 37.9. The Kier molecular flexibility index (Phi) is 7.39. The summed E-state index contributed by atoms with van der Waals surface area (Å²) in [4.78, 5) is 0.171. The van der Waals surface area contributed by atoms with Crippen molar-refractivity contribution in [1.29, 1.82) is 0 Å². The van der Waals surface area contributed by atoms with Gasteiger partial charge in [-0.1, -0.05) is 30.3 Å². The van der Waals surface area contributed by atoms with Crippen LogP contribution in [0.25, 0.3) is 0 Å². The van der Waals surface area contributed by atoms with Crippen molar-refractivity contribution < 1.29 is 17.9 Å². The lowest BCUT2D eigenvalue weighted by molar-refractivity contribution is 0.110. The first-order valence-corrected chi connectivity index (χ1v) is 9.62. The molecule has 0 aromatic heterocycles. The van der Waals surface area contributed by atoms with E-state index in [0.717, 1.165) is 5.56 Å². The van der Waals surface area contributed by atoms with Gasteiger partial charge in [0, 0.05) is 19.2 Å². The third-order valence-electron chi connectivity index (χ3n) is 3.56. The van der Waals surface area contributed by atoms with Crippen LogP contribution < -0.4 is 15.2 Å². The molecule has 6 nitrogen and oxygen atoms in total. The van der Waals surface area contributed by atoms with Gasteiger partial charge in [-0.15, -0.1) is 0 Å². The molecule has 0 heterocycles. The third kappa shape index (κ3) is 6.13. The highest BCUT2D eigenvalue weighted by Crippen LogP contribution is 2.16. The van der Waals surface area contributed by atoms with Gasteiger partial charge in [0.05, 0.1) is 11.5 Å². The summed E-state index contributed by atoms with van der Waals surface area (Å²) in [5.41, 5.74) is 6.90. The zero-order valence-corrected chi connectivity index (χ0v) is 15.0. The van der Waals surface area contributed by atoms with Crippen LogP contribution in [0.3, 0.4) is 0 Å². The number of rotatable bonds is 10. The molecule has 0 spiro atoms. The van der Waals surface area contributed by atoms with Crippen LogP contribution in [0.2, 0.25) is 0 Å². The number of hydrogen-bond donors (Lipinski definition) is 2. The van der Waals surface area contributed by atoms with Gasteiger partial charge in [0.15, 0.2) is 0 Å². The monoisotopic (exact) mass is 364 g/mol. The molecule has 7 heteroatoms. The van der Waals surface area contributed by atoms with E-state index in [1.807, 2.05) is 37.3 Å². The summed E-state index contributed by atoms with van der Waals surface area (Å²) in [6.07, 6.45) is 0. The highest BCUT2D eigenvalue weighted by molar-refractivity contribution is 7.89. The summed E-state index contributed by atoms with van der Waals surface area (Å²) in [7, 11) is -3.62. The standard InChI is InChI=1S/C18H24N2O4S/c1-2-23-12-13-24-16-8-10-17(11-9-16)25(21,22)20-14-18(19)15-6-4-3-5-7-15/h3-11,18,20H,2,12-14,19H2,1H3. The van der Waals surface area contributed by atoms with Crippen LogP contribution in [0.1, 0.15) is 18.5 Å². The minimum absolute atomic E-state index is 0.124. The van der Waals surface area contributed by atoms with Crippen molar-refractivity contribution in [3.8, 4) is 5.75 Å². The summed E-state index contributed by atoms with van der Waals surface area (Å²) in [5.74, 6) is 0.597. The summed E-state index contributed by atoms with van der Waals surface area (Å²) >= 11 is 0. The van der Waals surface area contributed by atoms with Crippen LogP contribution in [-0.4, -0.2) is 34.8 Å². The van der Waals surface area contributed by atoms with E-state index in [9.17, 15) is 8.42 Å². The SMILES string of the molecule is CCOCCOc1ccc(S(=O)(=O)NCC(N)c2ccccc2)cc1. The fourth-order valence-corrected chi connectivity index (χ4v) is 3.24. The van der Waals surface area contributed by atoms with Crippen molar-refractivity contribution in [1.82, 2.24) is 4.72 Å². The lowest BCUT2D eigenvalue weighted by atomic mass is 10.1. The van der Waals surface area contributed by atoms with Crippen LogP contribution in [-0.2, 0) is 14.8 Å². The number of sulfonamides is 1. The molecule has 0 radical (unpaired) electrons. The summed E-state index contributed by atoms with van der Waals surface area (Å²) in [6.45, 7) is 3.59. The Bertz CT molecular complexity index is 733. The average molecular weight is 364 g/mol. The van der Waals surface area contributed by atoms with Gasteiger partial charge in [-0.25, -0.2) is 13.1 Å². The van der Waals surface area contributed by atoms with Gasteiger partial charge in [-0.2, -0.15) is 0 Å². The van der Waals surface area contributed by atoms with Gasteiger partial charge >= 0.3 is 0 Å². The molecule has 0 saturated carbocycles. The molecule has 0 aliphatic heterocycles. The normalized spacial score (nSPS) is 12.7. The van der Waals surface area contributed by atoms with Crippen molar-refractivity contribution in [3.05, 3.63) is 60.2 Å². The van der Waals surface area contributed by atoms with Gasteiger partial charge < -0.3 is 15.2 Å². The van der Waals surface area contributed by atoms with Crippen molar-refractivity contribution >= 4 is 10.0 Å². The minimum atomic E-state index is -3.62. The molecule has 0 fully saturated rings. The maximum atomic E-state index is 12.4. The highest BCUT2D eigenvalue weighted by atomic mass is 32.2. The number of benzene rings is 2. The van der Waals surface area contributed by atoms with E-state index in [2.05, 4.69) is 4.72 Å². The first-order chi connectivity index (χ1) is 12.0. The summed E-state index contributed by atoms with van der Waals surface area (Å²) in [5, 5.41) is 0. The van der Waals surface area contributed by atoms with E-state index in [1.54, 1.807) is 12.1 Å². The molecule has 2 aromatic rings. The fourth-order valence-electron chi connectivity index (χ4n) is 2.18. The Morgan fingerprint density at radius 1 is 1.04 bits per heavy atom. The Hall–Kier alpha value is -1.93. The topological polar surface area (TPSA) is 90.6 Å². The van der Waals surface area contributed by atoms with E-state index < -0.39 is 16.1 Å². The molecular weight excluding hydrogens is 340 g/mol. The molecule has 3 N–H and O–H groups in total. The Morgan fingerprint density at radius 2 is 1.72 bits per heavy atom. The molecule has 0 aliphatic rings. The first-order valence-electron chi connectivity index (χ1n) is 8.13. The number of nitrogens with two attached hydrogens (primary N) is 1. The second kappa shape index (κ2) is 9.53. The molecule has 2 rings (SSSR count). The number of hydrogen-bond acceptors (Lipinski definition) is 5. The maximum absolute atomic E-state index is 12.4. The van der Waals surface area contributed by atoms with Crippen molar-refractivity contribution in [2.45, 2.75) is 17.9 Å². The molecule has 2 aromatic carbocycles. The van der Waals surface area contributed by atoms with Crippen molar-refractivity contribution in [2.75, 3.05) is 26.4 Å². The predicted octanol–water partition coefficient (Wildman–Crippen LogP) is 2.08. The Morgan fingerprint density at radius 3 is 2.36 bits per heavy atom. The second-order valence-corrected chi connectivity index (χ2v) is 7.15. The predicted molar refractivity (Wildman–Crippen MR) is 97.0 cm³/mol. The maximum Gasteiger partial charge on any atom is 0.240 e. The number of nitrogens with one attached hydrogen (secondary N) is 1. The quantitative estimate of drug-likeness (QED) is 0.630. The van der Waals surface area contributed by atoms with E-state index in [0.29, 0.717) is 25.6 Å². The lowest BCUT2D eigenvalue weighted by Crippen LogP contribution is -2.31. The smallest absolute Gasteiger partial charge is 0.240 e. The van der Waals surface area contributed by atoms with Crippen molar-refractivity contribution in [3.63, 3.8) is 0 Å². The van der Waals surface area contributed by atoms with Gasteiger partial charge in [-0.3, -0.25) is 0 Å². The van der Waals surface area contributed by atoms with Crippen LogP contribution in [0.4, 0.5) is 0 Å². The van der Waals surface area contributed by atoms with Gasteiger partial charge in [0.1, 0.15) is 12.4 Å². The Labute approximate surface area is 149 Å². The molecule has 1 unspecified atom stereocenters. The van der Waals surface area contributed by atoms with Crippen LogP contribution in [0.15, 0.2) is 59.5 Å². The molecule has 1 atom stereocenters. The van der Waals surface area contributed by atoms with E-state index in [1.165, 1.54) is 12.1 Å². The molecule has 0 saturated heterocycles. The molecule has 0 bridgehead atoms. The lowest BCUT2D eigenvalue weighted by Gasteiger charge is -2.14. The number of ether oxygens (including phenoxy) is 2. The average Bonchev–Trinajstić information content (AvgIpc) is 2.64. The molecule has 25 heavy (non-hydrogen) atoms. The van der Waals surface area contributed by atoms with Gasteiger partial charge in [0.2, 0.25) is 10.0 Å². The van der Waals surface area contributed by atoms with Gasteiger partial charge in [0.25, 0.3) is 0 Å². The van der Waals surface area contributed by atoms with E-state index in [4.69, 9.17) is 15.2 Å². The molecule has 0 aliphatic carbocycles. The first kappa shape index (κ1) is 19.4. The van der Waals surface area contributed by atoms with Crippen molar-refractivity contribution in [2.24, 2.45) is 5.73 Å². The third-order valence-corrected chi connectivity index (χ3v) is 5.00. The molecular formula is C18H24N2O4S. The van der Waals surface area contributed by atoms with E-state index >= 15 is 0 Å².